The monoisotopic (exact) mass is 368 g/mol. The van der Waals surface area contributed by atoms with Crippen LogP contribution < -0.4 is 10.1 Å². The van der Waals surface area contributed by atoms with Crippen LogP contribution in [0.5, 0.6) is 5.75 Å². The van der Waals surface area contributed by atoms with Crippen LogP contribution in [0.25, 0.3) is 11.1 Å². The molecule has 0 saturated heterocycles. The Kier molecular flexibility index (Phi) is 5.45. The molecule has 0 fully saturated rings. The number of ketones is 1. The number of aromatic nitrogens is 1. The van der Waals surface area contributed by atoms with Crippen LogP contribution >= 0.6 is 0 Å². The van der Waals surface area contributed by atoms with Crippen molar-refractivity contribution in [3.05, 3.63) is 77.5 Å². The highest BCUT2D eigenvalue weighted by Crippen LogP contribution is 2.27. The molecule has 0 aliphatic rings. The van der Waals surface area contributed by atoms with Crippen LogP contribution in [-0.4, -0.2) is 24.4 Å². The maximum atomic E-state index is 13.5. The fraction of sp³-hybridized carbons (Fsp3) is 0.143. The van der Waals surface area contributed by atoms with Crippen molar-refractivity contribution in [2.24, 2.45) is 0 Å². The summed E-state index contributed by atoms with van der Waals surface area (Å²) in [5.41, 5.74) is 1.90. The fourth-order valence-corrected chi connectivity index (χ4v) is 2.70. The van der Waals surface area contributed by atoms with E-state index < -0.39 is 17.4 Å². The van der Waals surface area contributed by atoms with E-state index in [1.807, 2.05) is 31.2 Å². The average molecular weight is 368 g/mol. The van der Waals surface area contributed by atoms with Crippen LogP contribution in [0, 0.1) is 11.6 Å². The summed E-state index contributed by atoms with van der Waals surface area (Å²) in [4.78, 5) is 17.1. The highest BCUT2D eigenvalue weighted by molar-refractivity contribution is 6.12. The molecular formula is C21H18F2N2O2. The number of benzene rings is 2. The number of rotatable bonds is 6. The molecule has 1 aromatic heterocycles. The van der Waals surface area contributed by atoms with Gasteiger partial charge < -0.3 is 10.1 Å². The van der Waals surface area contributed by atoms with E-state index in [-0.39, 0.29) is 11.1 Å². The molecule has 0 amide bonds. The lowest BCUT2D eigenvalue weighted by Gasteiger charge is -2.11. The summed E-state index contributed by atoms with van der Waals surface area (Å²) in [7, 11) is 1.64. The van der Waals surface area contributed by atoms with E-state index in [1.54, 1.807) is 19.3 Å². The number of carbonyl (C=O) groups is 1. The number of ether oxygens (including phenoxy) is 1. The van der Waals surface area contributed by atoms with Crippen LogP contribution in [0.3, 0.4) is 0 Å². The Morgan fingerprint density at radius 1 is 1.04 bits per heavy atom. The van der Waals surface area contributed by atoms with Gasteiger partial charge in [0, 0.05) is 24.4 Å². The van der Waals surface area contributed by atoms with Gasteiger partial charge >= 0.3 is 0 Å². The molecule has 6 heteroatoms. The largest absolute Gasteiger partial charge is 0.494 e. The van der Waals surface area contributed by atoms with Crippen molar-refractivity contribution in [2.75, 3.05) is 19.0 Å². The highest BCUT2D eigenvalue weighted by Gasteiger charge is 2.17. The van der Waals surface area contributed by atoms with Gasteiger partial charge in [0.2, 0.25) is 0 Å². The van der Waals surface area contributed by atoms with Gasteiger partial charge in [-0.25, -0.2) is 13.8 Å². The lowest BCUT2D eigenvalue weighted by molar-refractivity contribution is 0.103. The normalized spacial score (nSPS) is 10.5. The van der Waals surface area contributed by atoms with E-state index in [0.29, 0.717) is 12.4 Å². The lowest BCUT2D eigenvalue weighted by Crippen LogP contribution is -2.08. The van der Waals surface area contributed by atoms with E-state index in [4.69, 9.17) is 4.74 Å². The molecule has 2 aromatic carbocycles. The number of hydrogen-bond acceptors (Lipinski definition) is 4. The van der Waals surface area contributed by atoms with Crippen molar-refractivity contribution in [2.45, 2.75) is 6.92 Å². The molecule has 0 atom stereocenters. The van der Waals surface area contributed by atoms with Gasteiger partial charge in [-0.1, -0.05) is 12.1 Å². The van der Waals surface area contributed by atoms with E-state index in [2.05, 4.69) is 10.3 Å². The molecule has 1 N–H and O–H groups in total. The first-order valence-corrected chi connectivity index (χ1v) is 8.44. The standard InChI is InChI=1S/C21H18F2N2O2/c1-3-27-16-7-4-13(5-8-16)15-10-17(21(24-2)25-12-15)20(26)14-6-9-18(22)19(23)11-14/h4-12H,3H2,1-2H3,(H,24,25). The van der Waals surface area contributed by atoms with Crippen molar-refractivity contribution in [3.8, 4) is 16.9 Å². The summed E-state index contributed by atoms with van der Waals surface area (Å²) < 4.78 is 32.1. The van der Waals surface area contributed by atoms with Crippen LogP contribution in [0.2, 0.25) is 0 Å². The first-order chi connectivity index (χ1) is 13.0. The van der Waals surface area contributed by atoms with Gasteiger partial charge in [0.05, 0.1) is 12.2 Å². The predicted octanol–water partition coefficient (Wildman–Crippen LogP) is 4.70. The second-order valence-electron chi connectivity index (χ2n) is 5.79. The number of hydrogen-bond donors (Lipinski definition) is 1. The summed E-state index contributed by atoms with van der Waals surface area (Å²) >= 11 is 0. The molecular weight excluding hydrogens is 350 g/mol. The van der Waals surface area contributed by atoms with Crippen molar-refractivity contribution < 1.29 is 18.3 Å². The third-order valence-electron chi connectivity index (χ3n) is 4.05. The van der Waals surface area contributed by atoms with Crippen molar-refractivity contribution in [1.29, 1.82) is 0 Å². The summed E-state index contributed by atoms with van der Waals surface area (Å²) in [5.74, 6) is -1.40. The van der Waals surface area contributed by atoms with E-state index in [9.17, 15) is 13.6 Å². The minimum absolute atomic E-state index is 0.0519. The Labute approximate surface area is 155 Å². The Morgan fingerprint density at radius 2 is 1.78 bits per heavy atom. The van der Waals surface area contributed by atoms with Gasteiger partial charge in [0.1, 0.15) is 11.6 Å². The highest BCUT2D eigenvalue weighted by atomic mass is 19.2. The molecule has 0 radical (unpaired) electrons. The van der Waals surface area contributed by atoms with Crippen LogP contribution in [0.1, 0.15) is 22.8 Å². The number of nitrogens with zero attached hydrogens (tertiary/aromatic N) is 1. The first kappa shape index (κ1) is 18.5. The predicted molar refractivity (Wildman–Crippen MR) is 100 cm³/mol. The van der Waals surface area contributed by atoms with Crippen LogP contribution in [0.15, 0.2) is 54.7 Å². The van der Waals surface area contributed by atoms with Crippen molar-refractivity contribution >= 4 is 11.6 Å². The van der Waals surface area contributed by atoms with Gasteiger partial charge in [0.25, 0.3) is 0 Å². The minimum Gasteiger partial charge on any atom is -0.494 e. The zero-order valence-corrected chi connectivity index (χ0v) is 14.9. The number of halogens is 2. The summed E-state index contributed by atoms with van der Waals surface area (Å²) in [6, 6.07) is 12.2. The molecule has 1 heterocycles. The van der Waals surface area contributed by atoms with E-state index in [0.717, 1.165) is 29.0 Å². The molecule has 3 rings (SSSR count). The molecule has 0 aliphatic carbocycles. The van der Waals surface area contributed by atoms with Gasteiger partial charge in [-0.2, -0.15) is 0 Å². The number of pyridine rings is 1. The average Bonchev–Trinajstić information content (AvgIpc) is 2.70. The minimum atomic E-state index is -1.07. The van der Waals surface area contributed by atoms with Crippen molar-refractivity contribution in [3.63, 3.8) is 0 Å². The Bertz CT molecular complexity index is 972. The topological polar surface area (TPSA) is 51.2 Å². The lowest BCUT2D eigenvalue weighted by atomic mass is 9.99. The van der Waals surface area contributed by atoms with Gasteiger partial charge in [-0.05, 0) is 48.9 Å². The zero-order chi connectivity index (χ0) is 19.4. The zero-order valence-electron chi connectivity index (χ0n) is 14.9. The quantitative estimate of drug-likeness (QED) is 0.641. The van der Waals surface area contributed by atoms with Crippen LogP contribution in [0.4, 0.5) is 14.6 Å². The second-order valence-corrected chi connectivity index (χ2v) is 5.79. The van der Waals surface area contributed by atoms with Gasteiger partial charge in [-0.3, -0.25) is 4.79 Å². The molecule has 0 spiro atoms. The molecule has 0 saturated carbocycles. The Balaban J connectivity index is 2.00. The third-order valence-corrected chi connectivity index (χ3v) is 4.05. The van der Waals surface area contributed by atoms with E-state index >= 15 is 0 Å². The maximum absolute atomic E-state index is 13.5. The maximum Gasteiger partial charge on any atom is 0.196 e. The number of nitrogens with one attached hydrogen (secondary N) is 1. The van der Waals surface area contributed by atoms with E-state index in [1.165, 1.54) is 6.07 Å². The Morgan fingerprint density at radius 3 is 2.41 bits per heavy atom. The van der Waals surface area contributed by atoms with Crippen molar-refractivity contribution in [1.82, 2.24) is 4.98 Å². The van der Waals surface area contributed by atoms with Gasteiger partial charge in [-0.15, -0.1) is 0 Å². The third kappa shape index (κ3) is 3.95. The first-order valence-electron chi connectivity index (χ1n) is 8.44. The summed E-state index contributed by atoms with van der Waals surface area (Å²) in [6.45, 7) is 2.48. The second kappa shape index (κ2) is 7.95. The smallest absolute Gasteiger partial charge is 0.196 e. The summed E-state index contributed by atoms with van der Waals surface area (Å²) in [6.07, 6.45) is 1.64. The molecule has 0 aliphatic heterocycles. The molecule has 0 unspecified atom stereocenters. The molecule has 138 valence electrons. The molecule has 4 nitrogen and oxygen atoms in total. The molecule has 0 bridgehead atoms. The molecule has 3 aromatic rings. The van der Waals surface area contributed by atoms with Crippen LogP contribution in [-0.2, 0) is 0 Å². The number of anilines is 1. The fourth-order valence-electron chi connectivity index (χ4n) is 2.70. The SMILES string of the molecule is CCOc1ccc(-c2cnc(NC)c(C(=O)c3ccc(F)c(F)c3)c2)cc1. The van der Waals surface area contributed by atoms with Gasteiger partial charge in [0.15, 0.2) is 17.4 Å². The summed E-state index contributed by atoms with van der Waals surface area (Å²) in [5, 5.41) is 2.86. The molecule has 27 heavy (non-hydrogen) atoms. The number of carbonyl (C=O) groups excluding carboxylic acids is 1. The Hall–Kier alpha value is -3.28.